The molecule has 3 N–H and O–H groups in total. The predicted molar refractivity (Wildman–Crippen MR) is 81.6 cm³/mol. The summed E-state index contributed by atoms with van der Waals surface area (Å²) in [5.74, 6) is 0.468. The van der Waals surface area contributed by atoms with E-state index >= 15 is 0 Å². The highest BCUT2D eigenvalue weighted by molar-refractivity contribution is 8.00. The molecular weight excluding hydrogens is 280 g/mol. The van der Waals surface area contributed by atoms with Gasteiger partial charge in [0.1, 0.15) is 0 Å². The van der Waals surface area contributed by atoms with E-state index in [0.29, 0.717) is 22.5 Å². The summed E-state index contributed by atoms with van der Waals surface area (Å²) in [5.41, 5.74) is 6.38. The Labute approximate surface area is 123 Å². The topological polar surface area (TPSA) is 55.1 Å². The number of rotatable bonds is 4. The van der Waals surface area contributed by atoms with E-state index < -0.39 is 0 Å². The number of nitrogen functional groups attached to an aromatic ring is 1. The summed E-state index contributed by atoms with van der Waals surface area (Å²) in [6.07, 6.45) is 5.95. The lowest BCUT2D eigenvalue weighted by atomic mass is 9.95. The van der Waals surface area contributed by atoms with Crippen molar-refractivity contribution >= 4 is 35.0 Å². The molecule has 0 aromatic heterocycles. The lowest BCUT2D eigenvalue weighted by Crippen LogP contribution is -2.37. The molecule has 1 aliphatic carbocycles. The summed E-state index contributed by atoms with van der Waals surface area (Å²) >= 11 is 7.50. The molecule has 5 heteroatoms. The second-order valence-electron chi connectivity index (χ2n) is 4.88. The summed E-state index contributed by atoms with van der Waals surface area (Å²) in [6, 6.07) is 5.69. The fourth-order valence-corrected chi connectivity index (χ4v) is 3.37. The lowest BCUT2D eigenvalue weighted by Gasteiger charge is -2.22. The number of thioether (sulfide) groups is 1. The van der Waals surface area contributed by atoms with Crippen molar-refractivity contribution in [3.63, 3.8) is 0 Å². The number of nitrogens with one attached hydrogen (secondary N) is 1. The number of hydrogen-bond donors (Lipinski definition) is 2. The Morgan fingerprint density at radius 2 is 2.11 bits per heavy atom. The Kier molecular flexibility index (Phi) is 5.40. The fraction of sp³-hybridized carbons (Fsp3) is 0.500. The van der Waals surface area contributed by atoms with Gasteiger partial charge in [-0.3, -0.25) is 4.79 Å². The molecule has 0 atom stereocenters. The molecule has 3 nitrogen and oxygen atoms in total. The molecule has 0 bridgehead atoms. The van der Waals surface area contributed by atoms with Crippen LogP contribution in [0.2, 0.25) is 5.02 Å². The average molecular weight is 299 g/mol. The third-order valence-electron chi connectivity index (χ3n) is 3.28. The first kappa shape index (κ1) is 14.5. The number of hydrogen-bond acceptors (Lipinski definition) is 3. The van der Waals surface area contributed by atoms with Gasteiger partial charge in [0.05, 0.1) is 10.8 Å². The van der Waals surface area contributed by atoms with Crippen molar-refractivity contribution in [1.29, 1.82) is 0 Å². The van der Waals surface area contributed by atoms with Crippen molar-refractivity contribution in [2.45, 2.75) is 43.0 Å². The largest absolute Gasteiger partial charge is 0.399 e. The highest BCUT2D eigenvalue weighted by atomic mass is 35.5. The maximum absolute atomic E-state index is 11.9. The molecule has 0 heterocycles. The molecule has 1 fully saturated rings. The maximum Gasteiger partial charge on any atom is 0.230 e. The Balaban J connectivity index is 1.81. The molecule has 1 amide bonds. The van der Waals surface area contributed by atoms with Gasteiger partial charge in [-0.05, 0) is 31.0 Å². The minimum Gasteiger partial charge on any atom is -0.399 e. The molecule has 1 aliphatic rings. The van der Waals surface area contributed by atoms with E-state index in [4.69, 9.17) is 17.3 Å². The van der Waals surface area contributed by atoms with Crippen molar-refractivity contribution in [2.75, 3.05) is 11.5 Å². The van der Waals surface area contributed by atoms with Gasteiger partial charge in [0.15, 0.2) is 0 Å². The summed E-state index contributed by atoms with van der Waals surface area (Å²) in [7, 11) is 0. The lowest BCUT2D eigenvalue weighted by molar-refractivity contribution is -0.119. The minimum absolute atomic E-state index is 0.0791. The number of carbonyl (C=O) groups excluding carboxylic acids is 1. The molecule has 104 valence electrons. The highest BCUT2D eigenvalue weighted by Crippen LogP contribution is 2.29. The standard InChI is InChI=1S/C14H19ClN2OS/c15-12-7-6-10(16)8-13(12)19-9-14(18)17-11-4-2-1-3-5-11/h6-8,11H,1-5,9,16H2,(H,17,18). The van der Waals surface area contributed by atoms with Gasteiger partial charge in [0.2, 0.25) is 5.91 Å². The maximum atomic E-state index is 11.9. The third-order valence-corrected chi connectivity index (χ3v) is 4.78. The van der Waals surface area contributed by atoms with Crippen LogP contribution in [0.15, 0.2) is 23.1 Å². The second kappa shape index (κ2) is 7.06. The molecule has 0 spiro atoms. The van der Waals surface area contributed by atoms with Crippen LogP contribution in [0.1, 0.15) is 32.1 Å². The van der Waals surface area contributed by atoms with Crippen LogP contribution in [-0.2, 0) is 4.79 Å². The SMILES string of the molecule is Nc1ccc(Cl)c(SCC(=O)NC2CCCCC2)c1. The Hall–Kier alpha value is -0.870. The first-order valence-electron chi connectivity index (χ1n) is 6.62. The number of amides is 1. The van der Waals surface area contributed by atoms with Crippen LogP contribution in [0.4, 0.5) is 5.69 Å². The van der Waals surface area contributed by atoms with Crippen molar-refractivity contribution in [1.82, 2.24) is 5.32 Å². The summed E-state index contributed by atoms with van der Waals surface area (Å²) in [4.78, 5) is 12.7. The van der Waals surface area contributed by atoms with Crippen molar-refractivity contribution in [3.8, 4) is 0 Å². The van der Waals surface area contributed by atoms with E-state index in [-0.39, 0.29) is 5.91 Å². The molecule has 1 aromatic carbocycles. The number of nitrogens with two attached hydrogens (primary N) is 1. The number of anilines is 1. The van der Waals surface area contributed by atoms with Gasteiger partial charge in [-0.2, -0.15) is 0 Å². The zero-order valence-electron chi connectivity index (χ0n) is 10.8. The quantitative estimate of drug-likeness (QED) is 0.661. The molecule has 0 saturated heterocycles. The van der Waals surface area contributed by atoms with Gasteiger partial charge in [0, 0.05) is 16.6 Å². The van der Waals surface area contributed by atoms with Gasteiger partial charge < -0.3 is 11.1 Å². The zero-order chi connectivity index (χ0) is 13.7. The summed E-state index contributed by atoms with van der Waals surface area (Å²) in [5, 5.41) is 3.73. The number of halogens is 1. The monoisotopic (exact) mass is 298 g/mol. The highest BCUT2D eigenvalue weighted by Gasteiger charge is 2.15. The van der Waals surface area contributed by atoms with Crippen LogP contribution in [0.5, 0.6) is 0 Å². The van der Waals surface area contributed by atoms with E-state index in [9.17, 15) is 4.79 Å². The summed E-state index contributed by atoms with van der Waals surface area (Å²) < 4.78 is 0. The van der Waals surface area contributed by atoms with Gasteiger partial charge in [0.25, 0.3) is 0 Å². The molecule has 1 aromatic rings. The molecule has 0 radical (unpaired) electrons. The van der Waals surface area contributed by atoms with Gasteiger partial charge in [-0.25, -0.2) is 0 Å². The van der Waals surface area contributed by atoms with Crippen molar-refractivity contribution in [2.24, 2.45) is 0 Å². The van der Waals surface area contributed by atoms with Gasteiger partial charge in [-0.1, -0.05) is 30.9 Å². The number of benzene rings is 1. The first-order chi connectivity index (χ1) is 9.15. The van der Waals surface area contributed by atoms with E-state index in [0.717, 1.165) is 17.7 Å². The van der Waals surface area contributed by atoms with E-state index in [1.54, 1.807) is 18.2 Å². The van der Waals surface area contributed by atoms with Crippen LogP contribution >= 0.6 is 23.4 Å². The Bertz CT molecular complexity index is 447. The van der Waals surface area contributed by atoms with Crippen LogP contribution < -0.4 is 11.1 Å². The van der Waals surface area contributed by atoms with E-state index in [1.165, 1.54) is 31.0 Å². The van der Waals surface area contributed by atoms with E-state index in [2.05, 4.69) is 5.32 Å². The summed E-state index contributed by atoms with van der Waals surface area (Å²) in [6.45, 7) is 0. The Morgan fingerprint density at radius 1 is 1.37 bits per heavy atom. The first-order valence-corrected chi connectivity index (χ1v) is 7.98. The average Bonchev–Trinajstić information content (AvgIpc) is 2.41. The normalized spacial score (nSPS) is 16.3. The minimum atomic E-state index is 0.0791. The van der Waals surface area contributed by atoms with Crippen molar-refractivity contribution < 1.29 is 4.79 Å². The fourth-order valence-electron chi connectivity index (χ4n) is 2.29. The van der Waals surface area contributed by atoms with Crippen LogP contribution in [0.25, 0.3) is 0 Å². The third kappa shape index (κ3) is 4.62. The molecule has 19 heavy (non-hydrogen) atoms. The molecule has 1 saturated carbocycles. The van der Waals surface area contributed by atoms with Crippen LogP contribution in [-0.4, -0.2) is 17.7 Å². The van der Waals surface area contributed by atoms with Crippen molar-refractivity contribution in [3.05, 3.63) is 23.2 Å². The molecular formula is C14H19ClN2OS. The molecule has 0 aliphatic heterocycles. The molecule has 0 unspecified atom stereocenters. The predicted octanol–water partition coefficient (Wildman–Crippen LogP) is 3.46. The van der Waals surface area contributed by atoms with Gasteiger partial charge in [-0.15, -0.1) is 11.8 Å². The smallest absolute Gasteiger partial charge is 0.230 e. The number of carbonyl (C=O) groups is 1. The zero-order valence-corrected chi connectivity index (χ0v) is 12.4. The van der Waals surface area contributed by atoms with Crippen LogP contribution in [0, 0.1) is 0 Å². The van der Waals surface area contributed by atoms with Gasteiger partial charge >= 0.3 is 0 Å². The Morgan fingerprint density at radius 3 is 2.84 bits per heavy atom. The van der Waals surface area contributed by atoms with E-state index in [1.807, 2.05) is 0 Å². The van der Waals surface area contributed by atoms with Crippen LogP contribution in [0.3, 0.4) is 0 Å². The molecule has 2 rings (SSSR count). The second-order valence-corrected chi connectivity index (χ2v) is 6.31.